The highest BCUT2D eigenvalue weighted by molar-refractivity contribution is 7.89. The minimum atomic E-state index is -3.72. The highest BCUT2D eigenvalue weighted by Crippen LogP contribution is 2.34. The van der Waals surface area contributed by atoms with Crippen LogP contribution in [0.2, 0.25) is 0 Å². The number of nitrogens with one attached hydrogen (secondary N) is 1. The smallest absolute Gasteiger partial charge is 0.241 e. The Kier molecular flexibility index (Phi) is 6.76. The molecule has 0 unspecified atom stereocenters. The number of rotatable bonds is 7. The van der Waals surface area contributed by atoms with Crippen LogP contribution in [0.4, 0.5) is 5.69 Å². The van der Waals surface area contributed by atoms with E-state index in [4.69, 9.17) is 4.74 Å². The van der Waals surface area contributed by atoms with Gasteiger partial charge in [0.2, 0.25) is 15.9 Å². The molecule has 1 heterocycles. The van der Waals surface area contributed by atoms with Crippen molar-refractivity contribution in [3.8, 4) is 5.75 Å². The third kappa shape index (κ3) is 4.62. The predicted octanol–water partition coefficient (Wildman–Crippen LogP) is 4.47. The number of sulfonamides is 1. The largest absolute Gasteiger partial charge is 0.496 e. The van der Waals surface area contributed by atoms with Crippen LogP contribution in [-0.4, -0.2) is 28.0 Å². The predicted molar refractivity (Wildman–Crippen MR) is 123 cm³/mol. The molecular formula is C24H32N2O4S. The molecule has 2 aromatic rings. The van der Waals surface area contributed by atoms with E-state index in [1.165, 1.54) is 0 Å². The van der Waals surface area contributed by atoms with Gasteiger partial charge in [0.25, 0.3) is 0 Å². The Balaban J connectivity index is 1.88. The third-order valence-electron chi connectivity index (χ3n) is 5.90. The minimum absolute atomic E-state index is 0.0528. The number of methoxy groups -OCH3 is 1. The highest BCUT2D eigenvalue weighted by Gasteiger charge is 2.27. The van der Waals surface area contributed by atoms with Crippen molar-refractivity contribution in [1.82, 2.24) is 4.72 Å². The molecule has 0 aromatic heterocycles. The van der Waals surface area contributed by atoms with E-state index in [0.29, 0.717) is 19.4 Å². The SMILES string of the molecule is CCC(=O)N1CCc2cc(S(=O)(=O)N[C@@H](C)c3cc(C(C)C)c(OC)cc3C)ccc21. The van der Waals surface area contributed by atoms with Gasteiger partial charge in [-0.3, -0.25) is 4.79 Å². The molecule has 31 heavy (non-hydrogen) atoms. The molecule has 1 atom stereocenters. The summed E-state index contributed by atoms with van der Waals surface area (Å²) in [7, 11) is -2.07. The van der Waals surface area contributed by atoms with Gasteiger partial charge in [-0.1, -0.05) is 20.8 Å². The molecule has 168 valence electrons. The van der Waals surface area contributed by atoms with Gasteiger partial charge in [0.1, 0.15) is 5.75 Å². The second kappa shape index (κ2) is 9.01. The molecule has 1 aliphatic rings. The minimum Gasteiger partial charge on any atom is -0.496 e. The fraction of sp³-hybridized carbons (Fsp3) is 0.458. The number of carbonyl (C=O) groups is 1. The summed E-state index contributed by atoms with van der Waals surface area (Å²) in [5.41, 5.74) is 4.65. The van der Waals surface area contributed by atoms with Crippen molar-refractivity contribution in [1.29, 1.82) is 0 Å². The van der Waals surface area contributed by atoms with Gasteiger partial charge in [-0.05, 0) is 78.8 Å². The van der Waals surface area contributed by atoms with Crippen LogP contribution in [0.5, 0.6) is 5.75 Å². The molecule has 7 heteroatoms. The standard InChI is InChI=1S/C24H32N2O4S/c1-7-24(27)26-11-10-18-13-19(8-9-22(18)26)31(28,29)25-17(5)21-14-20(15(2)3)23(30-6)12-16(21)4/h8-9,12-15,17,25H,7,10-11H2,1-6H3/t17-/m0/s1. The molecule has 1 aliphatic heterocycles. The van der Waals surface area contributed by atoms with Gasteiger partial charge >= 0.3 is 0 Å². The Bertz CT molecular complexity index is 1090. The molecule has 1 N–H and O–H groups in total. The zero-order valence-corrected chi connectivity index (χ0v) is 20.0. The van der Waals surface area contributed by atoms with E-state index in [9.17, 15) is 13.2 Å². The monoisotopic (exact) mass is 444 g/mol. The van der Waals surface area contributed by atoms with Crippen molar-refractivity contribution in [2.45, 2.75) is 64.3 Å². The second-order valence-electron chi connectivity index (χ2n) is 8.39. The average Bonchev–Trinajstić information content (AvgIpc) is 3.15. The summed E-state index contributed by atoms with van der Waals surface area (Å²) in [5, 5.41) is 0. The summed E-state index contributed by atoms with van der Waals surface area (Å²) >= 11 is 0. The summed E-state index contributed by atoms with van der Waals surface area (Å²) < 4.78 is 34.6. The molecule has 0 spiro atoms. The number of hydrogen-bond acceptors (Lipinski definition) is 4. The van der Waals surface area contributed by atoms with E-state index < -0.39 is 16.1 Å². The quantitative estimate of drug-likeness (QED) is 0.684. The maximum atomic E-state index is 13.1. The Morgan fingerprint density at radius 3 is 2.48 bits per heavy atom. The number of carbonyl (C=O) groups excluding carboxylic acids is 1. The lowest BCUT2D eigenvalue weighted by Crippen LogP contribution is -2.28. The zero-order chi connectivity index (χ0) is 22.9. The maximum Gasteiger partial charge on any atom is 0.241 e. The third-order valence-corrected chi connectivity index (χ3v) is 7.44. The number of fused-ring (bicyclic) bond motifs is 1. The van der Waals surface area contributed by atoms with Gasteiger partial charge < -0.3 is 9.64 Å². The fourth-order valence-electron chi connectivity index (χ4n) is 4.17. The summed E-state index contributed by atoms with van der Waals surface area (Å²) in [6, 6.07) is 8.60. The summed E-state index contributed by atoms with van der Waals surface area (Å²) in [5.74, 6) is 1.12. The van der Waals surface area contributed by atoms with Crippen LogP contribution in [-0.2, 0) is 21.2 Å². The number of hydrogen-bond donors (Lipinski definition) is 1. The molecule has 1 amide bonds. The van der Waals surface area contributed by atoms with Crippen LogP contribution in [0.25, 0.3) is 0 Å². The van der Waals surface area contributed by atoms with Crippen LogP contribution in [0.1, 0.15) is 68.3 Å². The normalized spacial score (nSPS) is 14.6. The van der Waals surface area contributed by atoms with Crippen molar-refractivity contribution in [3.63, 3.8) is 0 Å². The number of anilines is 1. The van der Waals surface area contributed by atoms with E-state index in [2.05, 4.69) is 18.6 Å². The topological polar surface area (TPSA) is 75.7 Å². The lowest BCUT2D eigenvalue weighted by molar-refractivity contribution is -0.118. The van der Waals surface area contributed by atoms with Crippen LogP contribution in [0.15, 0.2) is 35.2 Å². The molecule has 0 fully saturated rings. The van der Waals surface area contributed by atoms with E-state index >= 15 is 0 Å². The lowest BCUT2D eigenvalue weighted by atomic mass is 9.94. The average molecular weight is 445 g/mol. The molecule has 0 bridgehead atoms. The first-order chi connectivity index (χ1) is 14.6. The van der Waals surface area contributed by atoms with Crippen LogP contribution < -0.4 is 14.4 Å². The van der Waals surface area contributed by atoms with Crippen molar-refractivity contribution < 1.29 is 17.9 Å². The number of ether oxygens (including phenoxy) is 1. The van der Waals surface area contributed by atoms with Gasteiger partial charge in [0, 0.05) is 24.7 Å². The Hall–Kier alpha value is -2.38. The molecule has 0 saturated carbocycles. The van der Waals surface area contributed by atoms with Crippen molar-refractivity contribution >= 4 is 21.6 Å². The van der Waals surface area contributed by atoms with Crippen LogP contribution >= 0.6 is 0 Å². The second-order valence-corrected chi connectivity index (χ2v) is 10.1. The van der Waals surface area contributed by atoms with Crippen LogP contribution in [0.3, 0.4) is 0 Å². The molecule has 0 saturated heterocycles. The van der Waals surface area contributed by atoms with E-state index in [1.807, 2.05) is 32.9 Å². The summed E-state index contributed by atoms with van der Waals surface area (Å²) in [6.07, 6.45) is 1.09. The Labute approximate surface area is 185 Å². The number of aryl methyl sites for hydroxylation is 1. The molecule has 3 rings (SSSR count). The maximum absolute atomic E-state index is 13.1. The van der Waals surface area contributed by atoms with Gasteiger partial charge in [-0.15, -0.1) is 0 Å². The zero-order valence-electron chi connectivity index (χ0n) is 19.2. The molecule has 0 radical (unpaired) electrons. The first-order valence-corrected chi connectivity index (χ1v) is 12.2. The van der Waals surface area contributed by atoms with Crippen LogP contribution in [0, 0.1) is 6.92 Å². The number of amides is 1. The van der Waals surface area contributed by atoms with Gasteiger partial charge in [0.05, 0.1) is 12.0 Å². The fourth-order valence-corrected chi connectivity index (χ4v) is 5.44. The number of nitrogens with zero attached hydrogens (tertiary/aromatic N) is 1. The molecule has 0 aliphatic carbocycles. The summed E-state index contributed by atoms with van der Waals surface area (Å²) in [6.45, 7) is 10.4. The molecular weight excluding hydrogens is 412 g/mol. The highest BCUT2D eigenvalue weighted by atomic mass is 32.2. The van der Waals surface area contributed by atoms with Gasteiger partial charge in [-0.25, -0.2) is 13.1 Å². The van der Waals surface area contributed by atoms with Crippen molar-refractivity contribution in [2.75, 3.05) is 18.6 Å². The van der Waals surface area contributed by atoms with E-state index in [-0.39, 0.29) is 16.7 Å². The van der Waals surface area contributed by atoms with Crippen molar-refractivity contribution in [3.05, 3.63) is 52.6 Å². The first kappa shape index (κ1) is 23.3. The van der Waals surface area contributed by atoms with E-state index in [1.54, 1.807) is 30.2 Å². The molecule has 6 nitrogen and oxygen atoms in total. The van der Waals surface area contributed by atoms with Gasteiger partial charge in [-0.2, -0.15) is 0 Å². The van der Waals surface area contributed by atoms with Gasteiger partial charge in [0.15, 0.2) is 0 Å². The molecule has 2 aromatic carbocycles. The summed E-state index contributed by atoms with van der Waals surface area (Å²) in [4.78, 5) is 14.1. The first-order valence-electron chi connectivity index (χ1n) is 10.7. The number of benzene rings is 2. The van der Waals surface area contributed by atoms with E-state index in [0.717, 1.165) is 33.7 Å². The Morgan fingerprint density at radius 1 is 1.16 bits per heavy atom. The lowest BCUT2D eigenvalue weighted by Gasteiger charge is -2.21. The Morgan fingerprint density at radius 2 is 1.87 bits per heavy atom. The van der Waals surface area contributed by atoms with Crippen molar-refractivity contribution in [2.24, 2.45) is 0 Å².